The third-order valence-electron chi connectivity index (χ3n) is 5.95. The van der Waals surface area contributed by atoms with Crippen LogP contribution in [0.25, 0.3) is 11.1 Å². The average Bonchev–Trinajstić information content (AvgIpc) is 2.78. The van der Waals surface area contributed by atoms with Crippen LogP contribution < -0.4 is 4.74 Å². The van der Waals surface area contributed by atoms with Crippen molar-refractivity contribution in [1.29, 1.82) is 0 Å². The first kappa shape index (κ1) is 22.8. The van der Waals surface area contributed by atoms with E-state index in [0.29, 0.717) is 19.8 Å². The maximum absolute atomic E-state index is 11.5. The molecule has 6 heteroatoms. The highest BCUT2D eigenvalue weighted by Gasteiger charge is 2.42. The van der Waals surface area contributed by atoms with Crippen molar-refractivity contribution in [2.75, 3.05) is 26.9 Å². The van der Waals surface area contributed by atoms with Crippen molar-refractivity contribution in [2.24, 2.45) is 0 Å². The fraction of sp³-hybridized carbons (Fsp3) is 0.296. The predicted octanol–water partition coefficient (Wildman–Crippen LogP) is 4.67. The summed E-state index contributed by atoms with van der Waals surface area (Å²) >= 11 is 0. The van der Waals surface area contributed by atoms with Gasteiger partial charge in [0.15, 0.2) is 0 Å². The summed E-state index contributed by atoms with van der Waals surface area (Å²) in [6.07, 6.45) is 0. The molecule has 172 valence electrons. The van der Waals surface area contributed by atoms with E-state index in [-0.39, 0.29) is 12.4 Å². The number of esters is 1. The Hall–Kier alpha value is -3.35. The Labute approximate surface area is 193 Å². The highest BCUT2D eigenvalue weighted by Crippen LogP contribution is 2.35. The van der Waals surface area contributed by atoms with Gasteiger partial charge in [-0.15, -0.1) is 0 Å². The number of ether oxygens (including phenoxy) is 4. The van der Waals surface area contributed by atoms with E-state index < -0.39 is 11.6 Å². The van der Waals surface area contributed by atoms with E-state index in [9.17, 15) is 9.90 Å². The minimum atomic E-state index is -0.624. The molecule has 1 aliphatic heterocycles. The van der Waals surface area contributed by atoms with Crippen LogP contribution in [0.4, 0.5) is 0 Å². The first-order valence-corrected chi connectivity index (χ1v) is 10.8. The molecule has 1 heterocycles. The Bertz CT molecular complexity index is 1130. The van der Waals surface area contributed by atoms with Crippen molar-refractivity contribution >= 4 is 5.97 Å². The van der Waals surface area contributed by atoms with Gasteiger partial charge in [0, 0.05) is 0 Å². The first-order valence-electron chi connectivity index (χ1n) is 10.8. The highest BCUT2D eigenvalue weighted by molar-refractivity contribution is 5.72. The number of methoxy groups -OCH3 is 1. The molecule has 0 atom stereocenters. The second kappa shape index (κ2) is 9.65. The Morgan fingerprint density at radius 2 is 1.73 bits per heavy atom. The standard InChI is InChI=1S/C27H28O6/c1-18-4-5-20(13-25(18)24-11-8-22(28)12-19(24)2)14-32-23-9-6-21(7-10-23)27(16-31-17-27)33-15-26(29)30-3/h4-13,28H,14-17H2,1-3H3. The second-order valence-corrected chi connectivity index (χ2v) is 8.31. The number of rotatable bonds is 8. The van der Waals surface area contributed by atoms with Crippen LogP contribution in [-0.4, -0.2) is 38.0 Å². The number of phenolic OH excluding ortho intramolecular Hbond substituents is 1. The van der Waals surface area contributed by atoms with Crippen LogP contribution in [0.1, 0.15) is 22.3 Å². The normalized spacial score (nSPS) is 14.4. The summed E-state index contributed by atoms with van der Waals surface area (Å²) in [7, 11) is 1.34. The van der Waals surface area contributed by atoms with Crippen LogP contribution in [0.2, 0.25) is 0 Å². The van der Waals surface area contributed by atoms with E-state index in [1.807, 2.05) is 37.3 Å². The Morgan fingerprint density at radius 1 is 0.970 bits per heavy atom. The summed E-state index contributed by atoms with van der Waals surface area (Å²) in [5, 5.41) is 9.72. The number of carbonyl (C=O) groups excluding carboxylic acids is 1. The number of hydrogen-bond donors (Lipinski definition) is 1. The Kier molecular flexibility index (Phi) is 6.67. The van der Waals surface area contributed by atoms with Gasteiger partial charge in [-0.3, -0.25) is 0 Å². The smallest absolute Gasteiger partial charge is 0.331 e. The van der Waals surface area contributed by atoms with Gasteiger partial charge >= 0.3 is 5.97 Å². The zero-order valence-electron chi connectivity index (χ0n) is 19.1. The molecule has 0 radical (unpaired) electrons. The zero-order chi connectivity index (χ0) is 23.4. The van der Waals surface area contributed by atoms with Gasteiger partial charge < -0.3 is 24.1 Å². The van der Waals surface area contributed by atoms with Crippen LogP contribution in [-0.2, 0) is 31.2 Å². The zero-order valence-corrected chi connectivity index (χ0v) is 19.1. The molecule has 1 aliphatic rings. The molecule has 0 aliphatic carbocycles. The van der Waals surface area contributed by atoms with Crippen molar-refractivity contribution in [1.82, 2.24) is 0 Å². The van der Waals surface area contributed by atoms with Crippen molar-refractivity contribution < 1.29 is 28.8 Å². The molecular formula is C27H28O6. The molecular weight excluding hydrogens is 420 g/mol. The molecule has 0 aromatic heterocycles. The molecule has 3 aromatic rings. The largest absolute Gasteiger partial charge is 0.508 e. The van der Waals surface area contributed by atoms with E-state index in [2.05, 4.69) is 29.9 Å². The van der Waals surface area contributed by atoms with E-state index >= 15 is 0 Å². The van der Waals surface area contributed by atoms with Crippen molar-refractivity contribution in [3.8, 4) is 22.6 Å². The van der Waals surface area contributed by atoms with Gasteiger partial charge in [0.25, 0.3) is 0 Å². The molecule has 0 spiro atoms. The Morgan fingerprint density at radius 3 is 2.36 bits per heavy atom. The van der Waals surface area contributed by atoms with Gasteiger partial charge in [-0.05, 0) is 77.6 Å². The first-order chi connectivity index (χ1) is 15.9. The van der Waals surface area contributed by atoms with Crippen molar-refractivity contribution in [2.45, 2.75) is 26.1 Å². The third-order valence-corrected chi connectivity index (χ3v) is 5.95. The molecule has 1 saturated heterocycles. The number of aryl methyl sites for hydroxylation is 2. The van der Waals surface area contributed by atoms with Gasteiger partial charge in [-0.2, -0.15) is 0 Å². The number of benzene rings is 3. The SMILES string of the molecule is COC(=O)COC1(c2ccc(OCc3ccc(C)c(-c4ccc(O)cc4C)c3)cc2)COC1. The number of hydrogen-bond acceptors (Lipinski definition) is 6. The molecule has 3 aromatic carbocycles. The summed E-state index contributed by atoms with van der Waals surface area (Å²) in [5.41, 5.74) is 5.77. The summed E-state index contributed by atoms with van der Waals surface area (Å²) in [6.45, 7) is 5.17. The third kappa shape index (κ3) is 5.02. The molecule has 1 N–H and O–H groups in total. The van der Waals surface area contributed by atoms with Gasteiger partial charge in [0.2, 0.25) is 0 Å². The molecule has 1 fully saturated rings. The van der Waals surface area contributed by atoms with E-state index in [4.69, 9.17) is 14.2 Å². The van der Waals surface area contributed by atoms with Gasteiger partial charge in [0.05, 0.1) is 20.3 Å². The fourth-order valence-corrected chi connectivity index (χ4v) is 3.90. The second-order valence-electron chi connectivity index (χ2n) is 8.31. The van der Waals surface area contributed by atoms with Gasteiger partial charge in [0.1, 0.15) is 30.3 Å². The van der Waals surface area contributed by atoms with Crippen LogP contribution in [0, 0.1) is 13.8 Å². The lowest BCUT2D eigenvalue weighted by Gasteiger charge is -2.41. The molecule has 6 nitrogen and oxygen atoms in total. The minimum absolute atomic E-state index is 0.117. The molecule has 0 unspecified atom stereocenters. The quantitative estimate of drug-likeness (QED) is 0.505. The average molecular weight is 449 g/mol. The Balaban J connectivity index is 1.44. The fourth-order valence-electron chi connectivity index (χ4n) is 3.90. The number of phenols is 1. The van der Waals surface area contributed by atoms with Gasteiger partial charge in [-0.25, -0.2) is 4.79 Å². The molecule has 0 saturated carbocycles. The lowest BCUT2D eigenvalue weighted by molar-refractivity contribution is -0.220. The summed E-state index contributed by atoms with van der Waals surface area (Å²) < 4.78 is 21.8. The summed E-state index contributed by atoms with van der Waals surface area (Å²) in [4.78, 5) is 11.5. The predicted molar refractivity (Wildman–Crippen MR) is 124 cm³/mol. The van der Waals surface area contributed by atoms with Crippen LogP contribution in [0.5, 0.6) is 11.5 Å². The van der Waals surface area contributed by atoms with Gasteiger partial charge in [-0.1, -0.05) is 30.3 Å². The molecule has 4 rings (SSSR count). The van der Waals surface area contributed by atoms with E-state index in [1.54, 1.807) is 12.1 Å². The summed E-state index contributed by atoms with van der Waals surface area (Å²) in [6, 6.07) is 19.4. The molecule has 0 bridgehead atoms. The molecule has 0 amide bonds. The number of aromatic hydroxyl groups is 1. The lowest BCUT2D eigenvalue weighted by atomic mass is 9.91. The lowest BCUT2D eigenvalue weighted by Crippen LogP contribution is -2.49. The molecule has 33 heavy (non-hydrogen) atoms. The topological polar surface area (TPSA) is 74.2 Å². The van der Waals surface area contributed by atoms with E-state index in [0.717, 1.165) is 39.1 Å². The summed E-state index contributed by atoms with van der Waals surface area (Å²) in [5.74, 6) is 0.592. The minimum Gasteiger partial charge on any atom is -0.508 e. The van der Waals surface area contributed by atoms with Crippen LogP contribution >= 0.6 is 0 Å². The van der Waals surface area contributed by atoms with Crippen molar-refractivity contribution in [3.05, 3.63) is 82.9 Å². The van der Waals surface area contributed by atoms with Crippen molar-refractivity contribution in [3.63, 3.8) is 0 Å². The van der Waals surface area contributed by atoms with E-state index in [1.165, 1.54) is 7.11 Å². The maximum atomic E-state index is 11.5. The highest BCUT2D eigenvalue weighted by atomic mass is 16.6. The maximum Gasteiger partial charge on any atom is 0.331 e. The monoisotopic (exact) mass is 448 g/mol. The van der Waals surface area contributed by atoms with Crippen LogP contribution in [0.3, 0.4) is 0 Å². The number of carbonyl (C=O) groups is 1. The van der Waals surface area contributed by atoms with Crippen LogP contribution in [0.15, 0.2) is 60.7 Å².